The van der Waals surface area contributed by atoms with Crippen LogP contribution in [0.5, 0.6) is 0 Å². The lowest BCUT2D eigenvalue weighted by Gasteiger charge is -2.36. The third-order valence-electron chi connectivity index (χ3n) is 3.90. The Morgan fingerprint density at radius 3 is 2.80 bits per heavy atom. The van der Waals surface area contributed by atoms with Crippen LogP contribution in [0.1, 0.15) is 19.0 Å². The number of alkyl halides is 2. The Labute approximate surface area is 116 Å². The zero-order valence-electron chi connectivity index (χ0n) is 11.4. The Kier molecular flexibility index (Phi) is 3.38. The van der Waals surface area contributed by atoms with Crippen LogP contribution in [0.15, 0.2) is 30.5 Å². The van der Waals surface area contributed by atoms with E-state index in [1.807, 2.05) is 29.2 Å². The molecule has 1 aliphatic rings. The first-order valence-electron chi connectivity index (χ1n) is 6.85. The standard InChI is InChI=1S/C15H17F2N3/c1-11-9-20(7-6-15(11,16)17)10-12-8-18-13-4-2-3-5-14(13)19-12/h2-5,8,11H,6-7,9-10H2,1H3. The molecule has 1 saturated heterocycles. The van der Waals surface area contributed by atoms with E-state index < -0.39 is 11.8 Å². The van der Waals surface area contributed by atoms with Gasteiger partial charge in [0.15, 0.2) is 0 Å². The highest BCUT2D eigenvalue weighted by molar-refractivity contribution is 5.73. The summed E-state index contributed by atoms with van der Waals surface area (Å²) in [5.41, 5.74) is 2.54. The summed E-state index contributed by atoms with van der Waals surface area (Å²) >= 11 is 0. The first-order valence-corrected chi connectivity index (χ1v) is 6.85. The van der Waals surface area contributed by atoms with Crippen LogP contribution in [-0.4, -0.2) is 33.9 Å². The molecule has 1 aliphatic heterocycles. The highest BCUT2D eigenvalue weighted by Gasteiger charge is 2.40. The second kappa shape index (κ2) is 5.05. The van der Waals surface area contributed by atoms with E-state index in [1.165, 1.54) is 0 Å². The van der Waals surface area contributed by atoms with Crippen LogP contribution in [0.25, 0.3) is 11.0 Å². The third kappa shape index (κ3) is 2.63. The zero-order valence-corrected chi connectivity index (χ0v) is 11.4. The van der Waals surface area contributed by atoms with E-state index in [-0.39, 0.29) is 6.42 Å². The summed E-state index contributed by atoms with van der Waals surface area (Å²) in [6.45, 7) is 3.00. The fourth-order valence-electron chi connectivity index (χ4n) is 2.61. The molecule has 5 heteroatoms. The minimum Gasteiger partial charge on any atom is -0.297 e. The van der Waals surface area contributed by atoms with Crippen LogP contribution in [0.4, 0.5) is 8.78 Å². The third-order valence-corrected chi connectivity index (χ3v) is 3.90. The van der Waals surface area contributed by atoms with Crippen molar-refractivity contribution in [2.45, 2.75) is 25.8 Å². The van der Waals surface area contributed by atoms with Crippen molar-refractivity contribution in [3.8, 4) is 0 Å². The van der Waals surface area contributed by atoms with Gasteiger partial charge >= 0.3 is 0 Å². The Morgan fingerprint density at radius 2 is 2.05 bits per heavy atom. The van der Waals surface area contributed by atoms with E-state index in [0.29, 0.717) is 19.6 Å². The number of likely N-dealkylation sites (tertiary alicyclic amines) is 1. The molecule has 0 bridgehead atoms. The first kappa shape index (κ1) is 13.4. The van der Waals surface area contributed by atoms with Crippen molar-refractivity contribution in [1.82, 2.24) is 14.9 Å². The number of rotatable bonds is 2. The van der Waals surface area contributed by atoms with Crippen molar-refractivity contribution in [2.24, 2.45) is 5.92 Å². The van der Waals surface area contributed by atoms with Gasteiger partial charge in [0.05, 0.1) is 22.9 Å². The topological polar surface area (TPSA) is 29.0 Å². The van der Waals surface area contributed by atoms with Crippen LogP contribution in [0.3, 0.4) is 0 Å². The summed E-state index contributed by atoms with van der Waals surface area (Å²) in [5, 5.41) is 0. The predicted molar refractivity (Wildman–Crippen MR) is 73.5 cm³/mol. The summed E-state index contributed by atoms with van der Waals surface area (Å²) in [6.07, 6.45) is 1.66. The molecule has 106 valence electrons. The van der Waals surface area contributed by atoms with Crippen molar-refractivity contribution in [3.05, 3.63) is 36.2 Å². The molecule has 0 aliphatic carbocycles. The second-order valence-corrected chi connectivity index (χ2v) is 5.50. The average Bonchev–Trinajstić information content (AvgIpc) is 2.43. The molecular weight excluding hydrogens is 260 g/mol. The molecule has 2 heterocycles. The van der Waals surface area contributed by atoms with Gasteiger partial charge in [-0.25, -0.2) is 13.8 Å². The quantitative estimate of drug-likeness (QED) is 0.844. The monoisotopic (exact) mass is 277 g/mol. The Bertz CT molecular complexity index is 615. The molecule has 1 aromatic heterocycles. The van der Waals surface area contributed by atoms with E-state index in [2.05, 4.69) is 9.97 Å². The predicted octanol–water partition coefficient (Wildman–Crippen LogP) is 3.11. The van der Waals surface area contributed by atoms with E-state index in [1.54, 1.807) is 13.1 Å². The maximum atomic E-state index is 13.5. The first-order chi connectivity index (χ1) is 9.54. The van der Waals surface area contributed by atoms with Crippen LogP contribution < -0.4 is 0 Å². The normalized spacial score (nSPS) is 23.1. The number of hydrogen-bond donors (Lipinski definition) is 0. The van der Waals surface area contributed by atoms with E-state index >= 15 is 0 Å². The van der Waals surface area contributed by atoms with E-state index in [0.717, 1.165) is 16.7 Å². The molecule has 0 N–H and O–H groups in total. The number of benzene rings is 1. The number of hydrogen-bond acceptors (Lipinski definition) is 3. The van der Waals surface area contributed by atoms with Crippen LogP contribution in [-0.2, 0) is 6.54 Å². The maximum Gasteiger partial charge on any atom is 0.253 e. The van der Waals surface area contributed by atoms with Crippen molar-refractivity contribution in [3.63, 3.8) is 0 Å². The molecule has 1 atom stereocenters. The molecule has 0 spiro atoms. The van der Waals surface area contributed by atoms with Gasteiger partial charge in [0, 0.05) is 32.0 Å². The summed E-state index contributed by atoms with van der Waals surface area (Å²) in [6, 6.07) is 7.67. The van der Waals surface area contributed by atoms with Gasteiger partial charge in [-0.3, -0.25) is 9.88 Å². The maximum absolute atomic E-state index is 13.5. The number of aromatic nitrogens is 2. The van der Waals surface area contributed by atoms with E-state index in [9.17, 15) is 8.78 Å². The molecule has 0 saturated carbocycles. The molecule has 20 heavy (non-hydrogen) atoms. The minimum atomic E-state index is -2.54. The largest absolute Gasteiger partial charge is 0.297 e. The number of nitrogens with zero attached hydrogens (tertiary/aromatic N) is 3. The van der Waals surface area contributed by atoms with Crippen molar-refractivity contribution in [1.29, 1.82) is 0 Å². The van der Waals surface area contributed by atoms with Gasteiger partial charge in [0.25, 0.3) is 5.92 Å². The summed E-state index contributed by atoms with van der Waals surface area (Å²) < 4.78 is 26.9. The summed E-state index contributed by atoms with van der Waals surface area (Å²) in [7, 11) is 0. The van der Waals surface area contributed by atoms with Gasteiger partial charge in [-0.2, -0.15) is 0 Å². The Morgan fingerprint density at radius 1 is 1.30 bits per heavy atom. The molecule has 3 nitrogen and oxygen atoms in total. The molecule has 1 aromatic carbocycles. The average molecular weight is 277 g/mol. The number of fused-ring (bicyclic) bond motifs is 1. The van der Waals surface area contributed by atoms with Crippen molar-refractivity contribution < 1.29 is 8.78 Å². The summed E-state index contributed by atoms with van der Waals surface area (Å²) in [4.78, 5) is 10.9. The highest BCUT2D eigenvalue weighted by Crippen LogP contribution is 2.33. The fraction of sp³-hybridized carbons (Fsp3) is 0.467. The lowest BCUT2D eigenvalue weighted by molar-refractivity contribution is -0.100. The van der Waals surface area contributed by atoms with Gasteiger partial charge in [-0.1, -0.05) is 19.1 Å². The van der Waals surface area contributed by atoms with Gasteiger partial charge in [0.2, 0.25) is 0 Å². The fourth-order valence-corrected chi connectivity index (χ4v) is 2.61. The molecular formula is C15H17F2N3. The molecule has 1 unspecified atom stereocenters. The zero-order chi connectivity index (χ0) is 14.2. The molecule has 0 amide bonds. The Hall–Kier alpha value is -1.62. The number of para-hydroxylation sites is 2. The van der Waals surface area contributed by atoms with Gasteiger partial charge in [-0.15, -0.1) is 0 Å². The Balaban J connectivity index is 1.74. The lowest BCUT2D eigenvalue weighted by atomic mass is 9.95. The molecule has 2 aromatic rings. The van der Waals surface area contributed by atoms with Gasteiger partial charge < -0.3 is 0 Å². The van der Waals surface area contributed by atoms with Crippen LogP contribution in [0, 0.1) is 5.92 Å². The number of halogens is 2. The van der Waals surface area contributed by atoms with Crippen LogP contribution >= 0.6 is 0 Å². The number of piperidine rings is 1. The van der Waals surface area contributed by atoms with Crippen molar-refractivity contribution >= 4 is 11.0 Å². The molecule has 0 radical (unpaired) electrons. The minimum absolute atomic E-state index is 0.0742. The smallest absolute Gasteiger partial charge is 0.253 e. The molecule has 1 fully saturated rings. The second-order valence-electron chi connectivity index (χ2n) is 5.50. The highest BCUT2D eigenvalue weighted by atomic mass is 19.3. The van der Waals surface area contributed by atoms with E-state index in [4.69, 9.17) is 0 Å². The molecule has 3 rings (SSSR count). The lowest BCUT2D eigenvalue weighted by Crippen LogP contribution is -2.45. The summed E-state index contributed by atoms with van der Waals surface area (Å²) in [5.74, 6) is -3.14. The van der Waals surface area contributed by atoms with Crippen molar-refractivity contribution in [2.75, 3.05) is 13.1 Å². The van der Waals surface area contributed by atoms with Crippen LogP contribution in [0.2, 0.25) is 0 Å². The SMILES string of the molecule is CC1CN(Cc2cnc3ccccc3n2)CCC1(F)F. The van der Waals surface area contributed by atoms with Gasteiger partial charge in [0.1, 0.15) is 0 Å². The van der Waals surface area contributed by atoms with Gasteiger partial charge in [-0.05, 0) is 12.1 Å².